The Morgan fingerprint density at radius 3 is 2.23 bits per heavy atom. The molecule has 1 aliphatic heterocycles. The van der Waals surface area contributed by atoms with E-state index in [0.29, 0.717) is 30.7 Å². The van der Waals surface area contributed by atoms with Crippen molar-refractivity contribution < 1.29 is 23.4 Å². The van der Waals surface area contributed by atoms with Crippen LogP contribution >= 0.6 is 0 Å². The van der Waals surface area contributed by atoms with Crippen LogP contribution in [0.15, 0.2) is 97.1 Å². The van der Waals surface area contributed by atoms with Gasteiger partial charge in [-0.15, -0.1) is 0 Å². The molecule has 0 aromatic heterocycles. The third-order valence-corrected chi connectivity index (χ3v) is 7.51. The summed E-state index contributed by atoms with van der Waals surface area (Å²) in [7, 11) is 0. The fourth-order valence-corrected chi connectivity index (χ4v) is 5.26. The van der Waals surface area contributed by atoms with Gasteiger partial charge in [0.05, 0.1) is 24.7 Å². The number of benzene rings is 4. The Balaban J connectivity index is 1.36. The van der Waals surface area contributed by atoms with Gasteiger partial charge in [0, 0.05) is 5.69 Å². The Labute approximate surface area is 233 Å². The number of hydrogen-bond acceptors (Lipinski definition) is 3. The molecule has 4 nitrogen and oxygen atoms in total. The zero-order valence-corrected chi connectivity index (χ0v) is 22.5. The normalized spacial score (nSPS) is 17.4. The first-order valence-electron chi connectivity index (χ1n) is 13.8. The maximum atomic E-state index is 13.6. The zero-order valence-electron chi connectivity index (χ0n) is 22.5. The summed E-state index contributed by atoms with van der Waals surface area (Å²) >= 11 is 0. The molecule has 0 spiro atoms. The summed E-state index contributed by atoms with van der Waals surface area (Å²) in [6.45, 7) is 2.82. The number of nitrogens with zero attached hydrogens (tertiary/aromatic N) is 1. The summed E-state index contributed by atoms with van der Waals surface area (Å²) in [6, 6.07) is 27.6. The molecule has 0 aliphatic carbocycles. The van der Waals surface area contributed by atoms with Crippen LogP contribution in [0.25, 0.3) is 11.1 Å². The summed E-state index contributed by atoms with van der Waals surface area (Å²) in [4.78, 5) is 15.0. The van der Waals surface area contributed by atoms with Crippen LogP contribution in [0.2, 0.25) is 0 Å². The predicted molar refractivity (Wildman–Crippen MR) is 153 cm³/mol. The number of β-lactam (4-membered cyclic amide) rings is 1. The highest BCUT2D eigenvalue weighted by atomic mass is 19.1. The number of unbranched alkanes of at least 4 members (excludes halogenated alkanes) is 1. The van der Waals surface area contributed by atoms with Crippen LogP contribution in [0.5, 0.6) is 5.75 Å². The molecule has 1 heterocycles. The maximum Gasteiger partial charge on any atom is 0.233 e. The van der Waals surface area contributed by atoms with Gasteiger partial charge in [0.1, 0.15) is 17.4 Å². The molecule has 40 heavy (non-hydrogen) atoms. The van der Waals surface area contributed by atoms with Gasteiger partial charge in [-0.1, -0.05) is 61.9 Å². The van der Waals surface area contributed by atoms with Crippen LogP contribution in [-0.4, -0.2) is 17.6 Å². The van der Waals surface area contributed by atoms with Crippen LogP contribution in [0.4, 0.5) is 14.5 Å². The minimum atomic E-state index is -0.803. The second kappa shape index (κ2) is 12.4. The third-order valence-electron chi connectivity index (χ3n) is 7.51. The third kappa shape index (κ3) is 6.07. The highest BCUT2D eigenvalue weighted by Gasteiger charge is 2.48. The smallest absolute Gasteiger partial charge is 0.233 e. The summed E-state index contributed by atoms with van der Waals surface area (Å²) in [5, 5.41) is 10.7. The van der Waals surface area contributed by atoms with Gasteiger partial charge in [-0.3, -0.25) is 4.79 Å². The van der Waals surface area contributed by atoms with Crippen LogP contribution in [0.1, 0.15) is 55.9 Å². The van der Waals surface area contributed by atoms with Gasteiger partial charge in [0.2, 0.25) is 5.91 Å². The average molecular weight is 542 g/mol. The molecule has 1 aliphatic rings. The lowest BCUT2D eigenvalue weighted by Crippen LogP contribution is -2.55. The maximum absolute atomic E-state index is 13.6. The molecule has 0 bridgehead atoms. The molecule has 0 unspecified atom stereocenters. The van der Waals surface area contributed by atoms with Crippen molar-refractivity contribution in [3.63, 3.8) is 0 Å². The van der Waals surface area contributed by atoms with E-state index in [9.17, 15) is 18.7 Å². The molecule has 0 saturated carbocycles. The first kappa shape index (κ1) is 27.5. The Kier molecular flexibility index (Phi) is 8.56. The predicted octanol–water partition coefficient (Wildman–Crippen LogP) is 8.03. The fraction of sp³-hybridized carbons (Fsp3) is 0.265. The number of aliphatic hydroxyl groups is 1. The monoisotopic (exact) mass is 541 g/mol. The van der Waals surface area contributed by atoms with E-state index < -0.39 is 6.10 Å². The second-order valence-corrected chi connectivity index (χ2v) is 10.2. The number of ether oxygens (including phenoxy) is 1. The van der Waals surface area contributed by atoms with Crippen molar-refractivity contribution in [2.75, 3.05) is 11.5 Å². The highest BCUT2D eigenvalue weighted by molar-refractivity contribution is 6.03. The number of hydrogen-bond donors (Lipinski definition) is 1. The first-order valence-corrected chi connectivity index (χ1v) is 13.8. The van der Waals surface area contributed by atoms with Gasteiger partial charge in [0.25, 0.3) is 0 Å². The summed E-state index contributed by atoms with van der Waals surface area (Å²) < 4.78 is 32.8. The van der Waals surface area contributed by atoms with E-state index in [0.717, 1.165) is 35.3 Å². The molecule has 4 aromatic carbocycles. The lowest BCUT2D eigenvalue weighted by molar-refractivity contribution is -0.131. The quantitative estimate of drug-likeness (QED) is 0.154. The largest absolute Gasteiger partial charge is 0.494 e. The van der Waals surface area contributed by atoms with Gasteiger partial charge in [-0.25, -0.2) is 8.78 Å². The van der Waals surface area contributed by atoms with Gasteiger partial charge in [0.15, 0.2) is 0 Å². The molecular formula is C34H33F2NO3. The number of halogens is 2. The Hall–Kier alpha value is -4.03. The number of amides is 1. The Bertz CT molecular complexity index is 1420. The van der Waals surface area contributed by atoms with Gasteiger partial charge in [-0.05, 0) is 90.0 Å². The summed E-state index contributed by atoms with van der Waals surface area (Å²) in [5.41, 5.74) is 4.29. The molecule has 1 amide bonds. The average Bonchev–Trinajstić information content (AvgIpc) is 2.97. The topological polar surface area (TPSA) is 49.8 Å². The summed E-state index contributed by atoms with van der Waals surface area (Å²) in [6.07, 6.45) is 2.10. The lowest BCUT2D eigenvalue weighted by Gasteiger charge is -2.48. The van der Waals surface area contributed by atoms with E-state index >= 15 is 0 Å². The van der Waals surface area contributed by atoms with E-state index in [1.165, 1.54) is 24.3 Å². The number of anilines is 1. The SMILES string of the molecule is CCCCOc1cccc(-c2ccc([C@@H]3[C@@H](CC[C@H](O)c4ccc(F)cc4)C(=O)N3c3ccc(F)cc3)cc2)c1. The minimum absolute atomic E-state index is 0.0658. The molecule has 206 valence electrons. The molecule has 1 N–H and O–H groups in total. The molecule has 6 heteroatoms. The standard InChI is InChI=1S/C34H33F2NO3/c1-2-3-21-40-30-6-4-5-26(22-30)23-7-9-25(10-8-23)33-31(19-20-32(38)24-11-13-27(35)14-12-24)34(39)37(33)29-17-15-28(36)16-18-29/h4-18,22,31-33,38H,2-3,19-21H2,1H3/t31-,32+,33-/m1/s1. The van der Waals surface area contributed by atoms with Crippen LogP contribution in [0, 0.1) is 17.6 Å². The number of aliphatic hydroxyl groups excluding tert-OH is 1. The fourth-order valence-electron chi connectivity index (χ4n) is 5.26. The van der Waals surface area contributed by atoms with E-state index in [1.54, 1.807) is 29.2 Å². The molecule has 4 aromatic rings. The van der Waals surface area contributed by atoms with Gasteiger partial charge >= 0.3 is 0 Å². The van der Waals surface area contributed by atoms with Gasteiger partial charge in [-0.2, -0.15) is 0 Å². The van der Waals surface area contributed by atoms with E-state index in [2.05, 4.69) is 6.92 Å². The lowest BCUT2D eigenvalue weighted by atomic mass is 9.78. The molecule has 1 fully saturated rings. The number of rotatable bonds is 11. The van der Waals surface area contributed by atoms with Crippen molar-refractivity contribution >= 4 is 11.6 Å². The second-order valence-electron chi connectivity index (χ2n) is 10.2. The van der Waals surface area contributed by atoms with Crippen molar-refractivity contribution in [2.24, 2.45) is 5.92 Å². The van der Waals surface area contributed by atoms with E-state index in [-0.39, 0.29) is 29.5 Å². The Morgan fingerprint density at radius 1 is 0.875 bits per heavy atom. The minimum Gasteiger partial charge on any atom is -0.494 e. The number of carbonyl (C=O) groups excluding carboxylic acids is 1. The van der Waals surface area contributed by atoms with Crippen molar-refractivity contribution in [1.29, 1.82) is 0 Å². The Morgan fingerprint density at radius 2 is 1.55 bits per heavy atom. The zero-order chi connectivity index (χ0) is 28.1. The highest BCUT2D eigenvalue weighted by Crippen LogP contribution is 2.46. The molecule has 1 saturated heterocycles. The van der Waals surface area contributed by atoms with Crippen molar-refractivity contribution in [1.82, 2.24) is 0 Å². The van der Waals surface area contributed by atoms with Crippen molar-refractivity contribution in [3.8, 4) is 16.9 Å². The first-order chi connectivity index (χ1) is 19.4. The molecule has 3 atom stereocenters. The van der Waals surface area contributed by atoms with Crippen LogP contribution < -0.4 is 9.64 Å². The molecular weight excluding hydrogens is 508 g/mol. The van der Waals surface area contributed by atoms with Crippen molar-refractivity contribution in [3.05, 3.63) is 120 Å². The summed E-state index contributed by atoms with van der Waals surface area (Å²) in [5.74, 6) is -0.302. The van der Waals surface area contributed by atoms with E-state index in [4.69, 9.17) is 4.74 Å². The van der Waals surface area contributed by atoms with E-state index in [1.807, 2.05) is 48.5 Å². The van der Waals surface area contributed by atoms with Crippen LogP contribution in [0.3, 0.4) is 0 Å². The molecule has 0 radical (unpaired) electrons. The van der Waals surface area contributed by atoms with Crippen LogP contribution in [-0.2, 0) is 4.79 Å². The van der Waals surface area contributed by atoms with Gasteiger partial charge < -0.3 is 14.7 Å². The molecule has 5 rings (SSSR count). The van der Waals surface area contributed by atoms with Crippen molar-refractivity contribution in [2.45, 2.75) is 44.8 Å². The number of carbonyl (C=O) groups is 1.